The molecule has 2 rings (SSSR count). The Balaban J connectivity index is 1.81. The number of nitrogens with one attached hydrogen (secondary N) is 2. The second-order valence-electron chi connectivity index (χ2n) is 5.25. The van der Waals surface area contributed by atoms with Crippen molar-refractivity contribution in [2.45, 2.75) is 18.9 Å². The number of amides is 2. The molecule has 6 nitrogen and oxygen atoms in total. The van der Waals surface area contributed by atoms with Crippen molar-refractivity contribution in [3.05, 3.63) is 42.5 Å². The van der Waals surface area contributed by atoms with E-state index in [1.54, 1.807) is 30.3 Å². The van der Waals surface area contributed by atoms with Crippen molar-refractivity contribution in [2.75, 3.05) is 26.3 Å². The van der Waals surface area contributed by atoms with Crippen LogP contribution in [0.1, 0.15) is 23.2 Å². The summed E-state index contributed by atoms with van der Waals surface area (Å²) in [7, 11) is 0. The Morgan fingerprint density at radius 2 is 2.26 bits per heavy atom. The minimum absolute atomic E-state index is 0.0757. The van der Waals surface area contributed by atoms with Gasteiger partial charge in [-0.3, -0.25) is 9.59 Å². The Hall–Kier alpha value is -2.34. The summed E-state index contributed by atoms with van der Waals surface area (Å²) < 4.78 is 11.2. The molecular weight excluding hydrogens is 296 g/mol. The average molecular weight is 318 g/mol. The van der Waals surface area contributed by atoms with E-state index in [-0.39, 0.29) is 24.5 Å². The standard InChI is InChI=1S/C17H22N2O4/c1-2-8-18-16(20)11-19-17(21)13-5-3-6-14(10-13)23-12-15-7-4-9-22-15/h2-3,5-6,10,15H,1,4,7-9,11-12H2,(H,18,20)(H,19,21)/t15-/m1/s1. The van der Waals surface area contributed by atoms with E-state index >= 15 is 0 Å². The molecule has 1 fully saturated rings. The number of hydrogen-bond donors (Lipinski definition) is 2. The van der Waals surface area contributed by atoms with Crippen molar-refractivity contribution in [3.63, 3.8) is 0 Å². The van der Waals surface area contributed by atoms with Crippen LogP contribution in [0, 0.1) is 0 Å². The molecule has 1 atom stereocenters. The number of ether oxygens (including phenoxy) is 2. The second-order valence-corrected chi connectivity index (χ2v) is 5.25. The molecule has 0 aliphatic carbocycles. The van der Waals surface area contributed by atoms with Crippen LogP contribution in [0.3, 0.4) is 0 Å². The lowest BCUT2D eigenvalue weighted by Crippen LogP contribution is -2.36. The molecule has 124 valence electrons. The fourth-order valence-corrected chi connectivity index (χ4v) is 2.20. The van der Waals surface area contributed by atoms with Gasteiger partial charge in [-0.05, 0) is 31.0 Å². The lowest BCUT2D eigenvalue weighted by atomic mass is 10.2. The first-order chi connectivity index (χ1) is 11.2. The molecule has 1 saturated heterocycles. The maximum absolute atomic E-state index is 12.0. The van der Waals surface area contributed by atoms with E-state index < -0.39 is 0 Å². The maximum Gasteiger partial charge on any atom is 0.251 e. The molecule has 1 aliphatic heterocycles. The molecule has 0 unspecified atom stereocenters. The minimum atomic E-state index is -0.318. The van der Waals surface area contributed by atoms with E-state index in [0.717, 1.165) is 19.4 Å². The van der Waals surface area contributed by atoms with Gasteiger partial charge in [-0.25, -0.2) is 0 Å². The molecular formula is C17H22N2O4. The minimum Gasteiger partial charge on any atom is -0.491 e. The van der Waals surface area contributed by atoms with Crippen LogP contribution in [0.15, 0.2) is 36.9 Å². The molecule has 2 N–H and O–H groups in total. The van der Waals surface area contributed by atoms with Gasteiger partial charge in [0.1, 0.15) is 12.4 Å². The van der Waals surface area contributed by atoms with Crippen LogP contribution in [0.25, 0.3) is 0 Å². The van der Waals surface area contributed by atoms with Crippen molar-refractivity contribution in [1.29, 1.82) is 0 Å². The van der Waals surface area contributed by atoms with E-state index in [2.05, 4.69) is 17.2 Å². The largest absolute Gasteiger partial charge is 0.491 e. The first-order valence-corrected chi connectivity index (χ1v) is 7.69. The highest BCUT2D eigenvalue weighted by molar-refractivity contribution is 5.96. The molecule has 0 aromatic heterocycles. The Bertz CT molecular complexity index is 553. The second kappa shape index (κ2) is 8.95. The normalized spacial score (nSPS) is 16.6. The first-order valence-electron chi connectivity index (χ1n) is 7.69. The third kappa shape index (κ3) is 5.75. The van der Waals surface area contributed by atoms with Gasteiger partial charge in [-0.1, -0.05) is 12.1 Å². The van der Waals surface area contributed by atoms with Gasteiger partial charge in [0.05, 0.1) is 12.6 Å². The summed E-state index contributed by atoms with van der Waals surface area (Å²) >= 11 is 0. The van der Waals surface area contributed by atoms with E-state index in [4.69, 9.17) is 9.47 Å². The smallest absolute Gasteiger partial charge is 0.251 e. The van der Waals surface area contributed by atoms with Gasteiger partial charge in [0.2, 0.25) is 5.91 Å². The monoisotopic (exact) mass is 318 g/mol. The van der Waals surface area contributed by atoms with E-state index in [0.29, 0.717) is 24.5 Å². The zero-order valence-electron chi connectivity index (χ0n) is 13.0. The predicted octanol–water partition coefficient (Wildman–Crippen LogP) is 1.28. The van der Waals surface area contributed by atoms with Crippen molar-refractivity contribution < 1.29 is 19.1 Å². The number of benzene rings is 1. The molecule has 6 heteroatoms. The van der Waals surface area contributed by atoms with Crippen LogP contribution in [-0.4, -0.2) is 44.2 Å². The molecule has 1 aromatic carbocycles. The summed E-state index contributed by atoms with van der Waals surface area (Å²) in [5, 5.41) is 5.16. The number of rotatable bonds is 8. The molecule has 1 aliphatic rings. The van der Waals surface area contributed by atoms with Crippen LogP contribution in [0.5, 0.6) is 5.75 Å². The van der Waals surface area contributed by atoms with Crippen molar-refractivity contribution >= 4 is 11.8 Å². The van der Waals surface area contributed by atoms with Gasteiger partial charge in [0.25, 0.3) is 5.91 Å². The molecule has 1 heterocycles. The average Bonchev–Trinajstić information content (AvgIpc) is 3.09. The molecule has 23 heavy (non-hydrogen) atoms. The van der Waals surface area contributed by atoms with Gasteiger partial charge >= 0.3 is 0 Å². The summed E-state index contributed by atoms with van der Waals surface area (Å²) in [5.74, 6) is 0.0367. The topological polar surface area (TPSA) is 76.7 Å². The van der Waals surface area contributed by atoms with Crippen molar-refractivity contribution in [3.8, 4) is 5.75 Å². The summed E-state index contributed by atoms with van der Waals surface area (Å²) in [5.41, 5.74) is 0.450. The van der Waals surface area contributed by atoms with Crippen LogP contribution < -0.4 is 15.4 Å². The van der Waals surface area contributed by atoms with Gasteiger partial charge < -0.3 is 20.1 Å². The first kappa shape index (κ1) is 17.0. The number of hydrogen-bond acceptors (Lipinski definition) is 4. The summed E-state index contributed by atoms with van der Waals surface area (Å²) in [6.07, 6.45) is 3.76. The predicted molar refractivity (Wildman–Crippen MR) is 86.5 cm³/mol. The zero-order chi connectivity index (χ0) is 16.5. The van der Waals surface area contributed by atoms with Crippen LogP contribution in [-0.2, 0) is 9.53 Å². The van der Waals surface area contributed by atoms with Crippen LogP contribution in [0.4, 0.5) is 0 Å². The van der Waals surface area contributed by atoms with Crippen molar-refractivity contribution in [1.82, 2.24) is 10.6 Å². The highest BCUT2D eigenvalue weighted by Gasteiger charge is 2.16. The van der Waals surface area contributed by atoms with Gasteiger partial charge in [0, 0.05) is 18.7 Å². The summed E-state index contributed by atoms with van der Waals surface area (Å²) in [6, 6.07) is 6.88. The fraction of sp³-hybridized carbons (Fsp3) is 0.412. The van der Waals surface area contributed by atoms with Gasteiger partial charge in [-0.15, -0.1) is 6.58 Å². The third-order valence-electron chi connectivity index (χ3n) is 3.41. The number of carbonyl (C=O) groups is 2. The molecule has 0 spiro atoms. The molecule has 0 radical (unpaired) electrons. The summed E-state index contributed by atoms with van der Waals surface area (Å²) in [6.45, 7) is 5.07. The van der Waals surface area contributed by atoms with Gasteiger partial charge in [0.15, 0.2) is 0 Å². The van der Waals surface area contributed by atoms with E-state index in [1.807, 2.05) is 0 Å². The Morgan fingerprint density at radius 1 is 1.39 bits per heavy atom. The van der Waals surface area contributed by atoms with Crippen LogP contribution >= 0.6 is 0 Å². The Kier molecular flexibility index (Phi) is 6.62. The van der Waals surface area contributed by atoms with Crippen molar-refractivity contribution in [2.24, 2.45) is 0 Å². The molecule has 0 bridgehead atoms. The highest BCUT2D eigenvalue weighted by Crippen LogP contribution is 2.17. The Labute approximate surface area is 135 Å². The zero-order valence-corrected chi connectivity index (χ0v) is 13.0. The fourth-order valence-electron chi connectivity index (χ4n) is 2.20. The molecule has 1 aromatic rings. The lowest BCUT2D eigenvalue weighted by Gasteiger charge is -2.12. The molecule has 0 saturated carbocycles. The Morgan fingerprint density at radius 3 is 3.00 bits per heavy atom. The highest BCUT2D eigenvalue weighted by atomic mass is 16.5. The van der Waals surface area contributed by atoms with E-state index in [9.17, 15) is 9.59 Å². The quantitative estimate of drug-likeness (QED) is 0.708. The SMILES string of the molecule is C=CCNC(=O)CNC(=O)c1cccc(OC[C@H]2CCCO2)c1. The maximum atomic E-state index is 12.0. The third-order valence-corrected chi connectivity index (χ3v) is 3.41. The summed E-state index contributed by atoms with van der Waals surface area (Å²) in [4.78, 5) is 23.5. The van der Waals surface area contributed by atoms with E-state index in [1.165, 1.54) is 0 Å². The number of carbonyl (C=O) groups excluding carboxylic acids is 2. The molecule has 2 amide bonds. The van der Waals surface area contributed by atoms with Crippen LogP contribution in [0.2, 0.25) is 0 Å². The van der Waals surface area contributed by atoms with Gasteiger partial charge in [-0.2, -0.15) is 0 Å². The lowest BCUT2D eigenvalue weighted by molar-refractivity contribution is -0.119.